The number of rotatable bonds is 0. The lowest BCUT2D eigenvalue weighted by Gasteiger charge is -2.03. The lowest BCUT2D eigenvalue weighted by molar-refractivity contribution is -0.117. The maximum Gasteiger partial charge on any atom is 0.158 e. The normalized spacial score (nSPS) is 36.5. The Morgan fingerprint density at radius 3 is 2.25 bits per heavy atom. The van der Waals surface area contributed by atoms with Crippen LogP contribution in [0.4, 0.5) is 0 Å². The van der Waals surface area contributed by atoms with Crippen LogP contribution in [0.5, 0.6) is 0 Å². The van der Waals surface area contributed by atoms with Gasteiger partial charge in [0.2, 0.25) is 0 Å². The molecule has 0 aliphatic heterocycles. The van der Waals surface area contributed by atoms with Gasteiger partial charge in [-0.1, -0.05) is 19.9 Å². The molecule has 1 heteroatoms. The molecule has 0 bridgehead atoms. The topological polar surface area (TPSA) is 17.1 Å². The van der Waals surface area contributed by atoms with Crippen molar-refractivity contribution in [2.24, 2.45) is 11.8 Å². The van der Waals surface area contributed by atoms with E-state index in [1.165, 1.54) is 0 Å². The van der Waals surface area contributed by atoms with Crippen LogP contribution in [0.1, 0.15) is 13.8 Å². The molecule has 0 saturated heterocycles. The SMILES string of the molecule is C[C@@H]1C=CC(=O)[C@H]1C. The molecule has 1 aliphatic carbocycles. The molecule has 1 nitrogen and oxygen atoms in total. The standard InChI is InChI=1S/C7H10O/c1-5-3-4-7(8)6(5)2/h3-6H,1-2H3/t5-,6+/m1/s1. The first kappa shape index (κ1) is 5.54. The van der Waals surface area contributed by atoms with E-state index in [1.807, 2.05) is 13.0 Å². The molecular weight excluding hydrogens is 100 g/mol. The number of hydrogen-bond acceptors (Lipinski definition) is 1. The lowest BCUT2D eigenvalue weighted by Crippen LogP contribution is -2.07. The van der Waals surface area contributed by atoms with Crippen molar-refractivity contribution in [1.29, 1.82) is 0 Å². The van der Waals surface area contributed by atoms with Gasteiger partial charge in [0.1, 0.15) is 0 Å². The van der Waals surface area contributed by atoms with Gasteiger partial charge in [0.15, 0.2) is 5.78 Å². The molecule has 0 N–H and O–H groups in total. The van der Waals surface area contributed by atoms with Crippen molar-refractivity contribution in [3.8, 4) is 0 Å². The van der Waals surface area contributed by atoms with E-state index in [2.05, 4.69) is 6.92 Å². The highest BCUT2D eigenvalue weighted by Gasteiger charge is 2.20. The Labute approximate surface area is 49.4 Å². The van der Waals surface area contributed by atoms with Crippen LogP contribution in [-0.2, 0) is 4.79 Å². The van der Waals surface area contributed by atoms with Crippen LogP contribution in [0.2, 0.25) is 0 Å². The zero-order chi connectivity index (χ0) is 6.15. The minimum absolute atomic E-state index is 0.231. The van der Waals surface area contributed by atoms with E-state index in [-0.39, 0.29) is 11.7 Å². The monoisotopic (exact) mass is 110 g/mol. The summed E-state index contributed by atoms with van der Waals surface area (Å²) in [6, 6.07) is 0. The first-order valence-corrected chi connectivity index (χ1v) is 2.94. The highest BCUT2D eigenvalue weighted by molar-refractivity contribution is 5.94. The minimum Gasteiger partial charge on any atom is -0.295 e. The van der Waals surface area contributed by atoms with E-state index >= 15 is 0 Å². The Balaban J connectivity index is 2.69. The number of allylic oxidation sites excluding steroid dienone is 2. The van der Waals surface area contributed by atoms with Gasteiger partial charge in [0.25, 0.3) is 0 Å². The Morgan fingerprint density at radius 2 is 2.12 bits per heavy atom. The second kappa shape index (κ2) is 1.73. The van der Waals surface area contributed by atoms with Gasteiger partial charge in [-0.25, -0.2) is 0 Å². The summed E-state index contributed by atoms with van der Waals surface area (Å²) in [5, 5.41) is 0. The lowest BCUT2D eigenvalue weighted by atomic mass is 10.00. The molecule has 0 radical (unpaired) electrons. The molecule has 0 spiro atoms. The van der Waals surface area contributed by atoms with Crippen LogP contribution in [0.25, 0.3) is 0 Å². The van der Waals surface area contributed by atoms with Crippen molar-refractivity contribution in [3.63, 3.8) is 0 Å². The van der Waals surface area contributed by atoms with Gasteiger partial charge in [-0.05, 0) is 12.0 Å². The first-order chi connectivity index (χ1) is 3.72. The van der Waals surface area contributed by atoms with Gasteiger partial charge in [0, 0.05) is 5.92 Å². The fourth-order valence-corrected chi connectivity index (χ4v) is 0.824. The third kappa shape index (κ3) is 0.683. The van der Waals surface area contributed by atoms with E-state index < -0.39 is 0 Å². The summed E-state index contributed by atoms with van der Waals surface area (Å²) in [5.41, 5.74) is 0. The minimum atomic E-state index is 0.231. The highest BCUT2D eigenvalue weighted by Crippen LogP contribution is 2.19. The molecular formula is C7H10O. The third-order valence-corrected chi connectivity index (χ3v) is 1.80. The Kier molecular flexibility index (Phi) is 1.20. The van der Waals surface area contributed by atoms with Crippen LogP contribution in [0, 0.1) is 11.8 Å². The molecule has 0 aromatic carbocycles. The summed E-state index contributed by atoms with van der Waals surface area (Å²) in [5.74, 6) is 0.968. The summed E-state index contributed by atoms with van der Waals surface area (Å²) < 4.78 is 0. The molecule has 0 fully saturated rings. The van der Waals surface area contributed by atoms with Crippen LogP contribution >= 0.6 is 0 Å². The maximum atomic E-state index is 10.7. The number of hydrogen-bond donors (Lipinski definition) is 0. The molecule has 1 rings (SSSR count). The third-order valence-electron chi connectivity index (χ3n) is 1.80. The largest absolute Gasteiger partial charge is 0.295 e. The first-order valence-electron chi connectivity index (χ1n) is 2.94. The molecule has 0 amide bonds. The smallest absolute Gasteiger partial charge is 0.158 e. The number of carbonyl (C=O) groups is 1. The van der Waals surface area contributed by atoms with Crippen LogP contribution in [0.3, 0.4) is 0 Å². The molecule has 0 aromatic rings. The van der Waals surface area contributed by atoms with Gasteiger partial charge < -0.3 is 0 Å². The van der Waals surface area contributed by atoms with E-state index in [9.17, 15) is 4.79 Å². The summed E-state index contributed by atoms with van der Waals surface area (Å²) in [6.45, 7) is 4.03. The predicted molar refractivity (Wildman–Crippen MR) is 32.5 cm³/mol. The molecule has 8 heavy (non-hydrogen) atoms. The molecule has 0 saturated carbocycles. The Morgan fingerprint density at radius 1 is 1.50 bits per heavy atom. The Hall–Kier alpha value is -0.590. The highest BCUT2D eigenvalue weighted by atomic mass is 16.1. The van der Waals surface area contributed by atoms with Crippen LogP contribution < -0.4 is 0 Å². The quantitative estimate of drug-likeness (QED) is 0.460. The van der Waals surface area contributed by atoms with Gasteiger partial charge in [-0.15, -0.1) is 0 Å². The summed E-state index contributed by atoms with van der Waals surface area (Å²) >= 11 is 0. The van der Waals surface area contributed by atoms with Crippen molar-refractivity contribution in [1.82, 2.24) is 0 Å². The van der Waals surface area contributed by atoms with Gasteiger partial charge in [-0.3, -0.25) is 4.79 Å². The molecule has 44 valence electrons. The molecule has 0 aromatic heterocycles. The Bertz CT molecular complexity index is 135. The fourth-order valence-electron chi connectivity index (χ4n) is 0.824. The van der Waals surface area contributed by atoms with Gasteiger partial charge in [-0.2, -0.15) is 0 Å². The maximum absolute atomic E-state index is 10.7. The second-order valence-corrected chi connectivity index (χ2v) is 2.41. The summed E-state index contributed by atoms with van der Waals surface area (Å²) in [7, 11) is 0. The van der Waals surface area contributed by atoms with E-state index in [0.717, 1.165) is 0 Å². The van der Waals surface area contributed by atoms with Crippen LogP contribution in [-0.4, -0.2) is 5.78 Å². The number of ketones is 1. The van der Waals surface area contributed by atoms with Crippen molar-refractivity contribution >= 4 is 5.78 Å². The van der Waals surface area contributed by atoms with Gasteiger partial charge >= 0.3 is 0 Å². The average molecular weight is 110 g/mol. The fraction of sp³-hybridized carbons (Fsp3) is 0.571. The second-order valence-electron chi connectivity index (χ2n) is 2.41. The van der Waals surface area contributed by atoms with E-state index in [1.54, 1.807) is 6.08 Å². The van der Waals surface area contributed by atoms with Crippen LogP contribution in [0.15, 0.2) is 12.2 Å². The zero-order valence-corrected chi connectivity index (χ0v) is 5.22. The molecule has 1 aliphatic rings. The van der Waals surface area contributed by atoms with Crippen molar-refractivity contribution in [2.75, 3.05) is 0 Å². The summed E-state index contributed by atoms with van der Waals surface area (Å²) in [4.78, 5) is 10.7. The average Bonchev–Trinajstić information content (AvgIpc) is 1.98. The molecule has 2 atom stereocenters. The van der Waals surface area contributed by atoms with Crippen molar-refractivity contribution < 1.29 is 4.79 Å². The van der Waals surface area contributed by atoms with E-state index in [0.29, 0.717) is 5.92 Å². The van der Waals surface area contributed by atoms with Crippen molar-refractivity contribution in [2.45, 2.75) is 13.8 Å². The summed E-state index contributed by atoms with van der Waals surface area (Å²) in [6.07, 6.45) is 3.64. The molecule has 0 unspecified atom stereocenters. The predicted octanol–water partition coefficient (Wildman–Crippen LogP) is 1.40. The zero-order valence-electron chi connectivity index (χ0n) is 5.22. The number of carbonyl (C=O) groups excluding carboxylic acids is 1. The van der Waals surface area contributed by atoms with Gasteiger partial charge in [0.05, 0.1) is 0 Å². The van der Waals surface area contributed by atoms with E-state index in [4.69, 9.17) is 0 Å². The molecule has 0 heterocycles. The van der Waals surface area contributed by atoms with Crippen molar-refractivity contribution in [3.05, 3.63) is 12.2 Å².